The maximum Gasteiger partial charge on any atom is 0.0465 e. The molecule has 0 aromatic heterocycles. The predicted molar refractivity (Wildman–Crippen MR) is 262 cm³/mol. The molecule has 0 radical (unpaired) electrons. The van der Waals surface area contributed by atoms with Crippen LogP contribution in [-0.4, -0.2) is 0 Å². The van der Waals surface area contributed by atoms with E-state index in [1.165, 1.54) is 183 Å². The Morgan fingerprint density at radius 2 is 0.951 bits per heavy atom. The molecular formula is C59H70N2. The Kier molecular flexibility index (Phi) is 12.7. The first-order chi connectivity index (χ1) is 30.0. The van der Waals surface area contributed by atoms with Crippen LogP contribution in [0.2, 0.25) is 0 Å². The molecule has 1 saturated carbocycles. The Morgan fingerprint density at radius 3 is 1.46 bits per heavy atom. The highest BCUT2D eigenvalue weighted by Gasteiger charge is 2.43. The topological polar surface area (TPSA) is 6.48 Å². The molecule has 2 heteroatoms. The van der Waals surface area contributed by atoms with E-state index in [4.69, 9.17) is 0 Å². The molecule has 0 saturated heterocycles. The first kappa shape index (κ1) is 41.5. The fraction of sp³-hybridized carbons (Fsp3) is 0.424. The van der Waals surface area contributed by atoms with Crippen LogP contribution in [-0.2, 0) is 18.3 Å². The second-order valence-electron chi connectivity index (χ2n) is 19.2. The van der Waals surface area contributed by atoms with Crippen LogP contribution in [0.15, 0.2) is 127 Å². The van der Waals surface area contributed by atoms with Crippen LogP contribution in [0.4, 0.5) is 28.4 Å². The summed E-state index contributed by atoms with van der Waals surface area (Å²) >= 11 is 0. The molecule has 1 fully saturated rings. The summed E-state index contributed by atoms with van der Waals surface area (Å²) in [6, 6.07) is 40.8. The molecule has 2 atom stereocenters. The summed E-state index contributed by atoms with van der Waals surface area (Å²) in [6.45, 7) is 9.07. The summed E-state index contributed by atoms with van der Waals surface area (Å²) in [7, 11) is 0. The average Bonchev–Trinajstić information content (AvgIpc) is 3.52. The zero-order chi connectivity index (χ0) is 41.8. The minimum atomic E-state index is -0.0552. The lowest BCUT2D eigenvalue weighted by atomic mass is 9.70. The van der Waals surface area contributed by atoms with Crippen molar-refractivity contribution < 1.29 is 0 Å². The molecule has 0 spiro atoms. The van der Waals surface area contributed by atoms with E-state index in [9.17, 15) is 0 Å². The summed E-state index contributed by atoms with van der Waals surface area (Å²) in [5.74, 6) is 1.36. The fourth-order valence-electron chi connectivity index (χ4n) is 11.1. The highest BCUT2D eigenvalue weighted by molar-refractivity contribution is 5.88. The molecule has 0 amide bonds. The maximum absolute atomic E-state index is 2.65. The third-order valence-corrected chi connectivity index (χ3v) is 15.0. The Bertz CT molecular complexity index is 2330. The van der Waals surface area contributed by atoms with Gasteiger partial charge in [0.1, 0.15) is 0 Å². The van der Waals surface area contributed by atoms with Gasteiger partial charge in [0.05, 0.1) is 0 Å². The van der Waals surface area contributed by atoms with Gasteiger partial charge in [-0.3, -0.25) is 0 Å². The second kappa shape index (κ2) is 18.7. The number of hydrogen-bond acceptors (Lipinski definition) is 2. The summed E-state index contributed by atoms with van der Waals surface area (Å²) in [5.41, 5.74) is 19.2. The molecule has 316 valence electrons. The summed E-state index contributed by atoms with van der Waals surface area (Å²) in [5, 5.41) is 0. The third kappa shape index (κ3) is 8.54. The van der Waals surface area contributed by atoms with E-state index in [2.05, 4.69) is 159 Å². The Morgan fingerprint density at radius 1 is 0.475 bits per heavy atom. The van der Waals surface area contributed by atoms with Gasteiger partial charge >= 0.3 is 0 Å². The lowest BCUT2D eigenvalue weighted by molar-refractivity contribution is 0.281. The lowest BCUT2D eigenvalue weighted by Crippen LogP contribution is -2.28. The number of hydrogen-bond donors (Lipinski definition) is 0. The molecule has 0 N–H and O–H groups in total. The standard InChI is InChI=1S/C59H70N2/c1-5-7-9-11-13-15-37-59(38-16-14-12-10-8-6-2)57-41-53(60(49-27-17-43(3)18-28-49)51-31-25-45-21-23-47(45)39-51)33-35-55(57)56-36-34-54(42-58(56)59)61(50-29-19-44(4)20-30-50)52-32-26-46-22-24-48(46)40-52/h17-20,25-36,39-42,45,47H,5-16,21-24,37-38H2,1-4H3. The average molecular weight is 807 g/mol. The quantitative estimate of drug-likeness (QED) is 0.0723. The van der Waals surface area contributed by atoms with Crippen molar-refractivity contribution in [2.24, 2.45) is 11.8 Å². The van der Waals surface area contributed by atoms with E-state index in [-0.39, 0.29) is 5.41 Å². The molecule has 4 aliphatic rings. The van der Waals surface area contributed by atoms with Gasteiger partial charge in [-0.05, 0) is 164 Å². The van der Waals surface area contributed by atoms with Crippen LogP contribution < -0.4 is 9.80 Å². The monoisotopic (exact) mass is 807 g/mol. The van der Waals surface area contributed by atoms with Gasteiger partial charge in [-0.25, -0.2) is 0 Å². The zero-order valence-corrected chi connectivity index (χ0v) is 37.8. The van der Waals surface area contributed by atoms with Crippen molar-refractivity contribution in [1.29, 1.82) is 0 Å². The molecule has 2 nitrogen and oxygen atoms in total. The van der Waals surface area contributed by atoms with Crippen molar-refractivity contribution in [1.82, 2.24) is 0 Å². The molecule has 2 unspecified atom stereocenters. The molecule has 0 heterocycles. The van der Waals surface area contributed by atoms with E-state index in [0.29, 0.717) is 11.8 Å². The predicted octanol–water partition coefficient (Wildman–Crippen LogP) is 17.3. The Balaban J connectivity index is 1.18. The summed E-state index contributed by atoms with van der Waals surface area (Å²) in [6.07, 6.45) is 30.7. The van der Waals surface area contributed by atoms with E-state index < -0.39 is 0 Å². The molecule has 9 rings (SSSR count). The van der Waals surface area contributed by atoms with Crippen molar-refractivity contribution in [2.75, 3.05) is 9.80 Å². The van der Waals surface area contributed by atoms with Crippen molar-refractivity contribution in [3.8, 4) is 11.1 Å². The van der Waals surface area contributed by atoms with Crippen LogP contribution in [0.25, 0.3) is 11.1 Å². The summed E-state index contributed by atoms with van der Waals surface area (Å²) in [4.78, 5) is 5.12. The van der Waals surface area contributed by atoms with Gasteiger partial charge in [-0.15, -0.1) is 0 Å². The van der Waals surface area contributed by atoms with Gasteiger partial charge in [-0.1, -0.05) is 157 Å². The number of aryl methyl sites for hydroxylation is 4. The largest absolute Gasteiger partial charge is 0.311 e. The summed E-state index contributed by atoms with van der Waals surface area (Å²) < 4.78 is 0. The molecule has 5 aromatic rings. The van der Waals surface area contributed by atoms with Crippen LogP contribution in [0, 0.1) is 25.7 Å². The van der Waals surface area contributed by atoms with Crippen LogP contribution in [0.5, 0.6) is 0 Å². The molecule has 4 aliphatic carbocycles. The fourth-order valence-corrected chi connectivity index (χ4v) is 11.1. The van der Waals surface area contributed by atoms with E-state index >= 15 is 0 Å². The minimum Gasteiger partial charge on any atom is -0.311 e. The molecule has 61 heavy (non-hydrogen) atoms. The number of rotatable bonds is 20. The van der Waals surface area contributed by atoms with Crippen LogP contribution in [0.3, 0.4) is 0 Å². The first-order valence-corrected chi connectivity index (χ1v) is 24.5. The SMILES string of the molecule is CCCCCCCCC1(CCCCCCCC)c2cc(N(C3=CC4CCC4C=C3)c3ccc(C)cc3)ccc2-c2ccc(N(c3ccc(C)cc3)c3ccc4c(c3)CC4)cc21. The van der Waals surface area contributed by atoms with Gasteiger partial charge < -0.3 is 9.80 Å². The van der Waals surface area contributed by atoms with E-state index in [0.717, 1.165) is 0 Å². The van der Waals surface area contributed by atoms with Crippen LogP contribution >= 0.6 is 0 Å². The highest BCUT2D eigenvalue weighted by atomic mass is 15.2. The zero-order valence-electron chi connectivity index (χ0n) is 37.8. The Labute approximate surface area is 368 Å². The molecule has 0 bridgehead atoms. The first-order valence-electron chi connectivity index (χ1n) is 24.5. The molecule has 0 aliphatic heterocycles. The number of anilines is 5. The van der Waals surface area contributed by atoms with Crippen molar-refractivity contribution in [3.05, 3.63) is 160 Å². The van der Waals surface area contributed by atoms with Crippen molar-refractivity contribution >= 4 is 28.4 Å². The van der Waals surface area contributed by atoms with Gasteiger partial charge in [0.15, 0.2) is 0 Å². The van der Waals surface area contributed by atoms with E-state index in [1.54, 1.807) is 11.1 Å². The minimum absolute atomic E-state index is 0.0552. The number of fused-ring (bicyclic) bond motifs is 5. The van der Waals surface area contributed by atoms with Gasteiger partial charge in [0, 0.05) is 39.5 Å². The third-order valence-electron chi connectivity index (χ3n) is 15.0. The highest BCUT2D eigenvalue weighted by Crippen LogP contribution is 2.57. The second-order valence-corrected chi connectivity index (χ2v) is 19.2. The molecule has 5 aromatic carbocycles. The normalized spacial score (nSPS) is 17.7. The van der Waals surface area contributed by atoms with E-state index in [1.807, 2.05) is 0 Å². The smallest absolute Gasteiger partial charge is 0.0465 e. The number of nitrogens with zero attached hydrogens (tertiary/aromatic N) is 2. The Hall–Kier alpha value is -4.82. The molecular weight excluding hydrogens is 737 g/mol. The maximum atomic E-state index is 2.65. The number of allylic oxidation sites excluding steroid dienone is 3. The van der Waals surface area contributed by atoms with Crippen molar-refractivity contribution in [2.45, 2.75) is 149 Å². The van der Waals surface area contributed by atoms with Gasteiger partial charge in [0.2, 0.25) is 0 Å². The van der Waals surface area contributed by atoms with Crippen LogP contribution in [0.1, 0.15) is 150 Å². The van der Waals surface area contributed by atoms with Gasteiger partial charge in [-0.2, -0.15) is 0 Å². The van der Waals surface area contributed by atoms with Gasteiger partial charge in [0.25, 0.3) is 0 Å². The lowest BCUT2D eigenvalue weighted by Gasteiger charge is -2.38. The number of benzene rings is 5. The number of unbranched alkanes of at least 4 members (excludes halogenated alkanes) is 10. The van der Waals surface area contributed by atoms with Crippen molar-refractivity contribution in [3.63, 3.8) is 0 Å².